The Morgan fingerprint density at radius 2 is 1.53 bits per heavy atom. The van der Waals surface area contributed by atoms with Crippen molar-refractivity contribution in [2.45, 2.75) is 39.7 Å². The normalized spacial score (nSPS) is 17.6. The van der Waals surface area contributed by atoms with Gasteiger partial charge in [-0.3, -0.25) is 14.5 Å². The minimum absolute atomic E-state index is 0.0364. The van der Waals surface area contributed by atoms with Crippen molar-refractivity contribution >= 4 is 11.8 Å². The number of aryl methyl sites for hydroxylation is 2. The summed E-state index contributed by atoms with van der Waals surface area (Å²) in [6.07, 6.45) is 0.484. The topological polar surface area (TPSA) is 57.6 Å². The second-order valence-electron chi connectivity index (χ2n) is 5.50. The van der Waals surface area contributed by atoms with Crippen molar-refractivity contribution in [3.8, 4) is 0 Å². The van der Waals surface area contributed by atoms with Crippen LogP contribution in [0.1, 0.15) is 52.1 Å². The number of benzene rings is 1. The van der Waals surface area contributed by atoms with E-state index in [0.29, 0.717) is 17.5 Å². The molecular weight excluding hydrogens is 242 g/mol. The summed E-state index contributed by atoms with van der Waals surface area (Å²) in [5.74, 6) is -0.593. The average molecular weight is 261 g/mol. The van der Waals surface area contributed by atoms with Gasteiger partial charge in [0.15, 0.2) is 0 Å². The number of aliphatic hydroxyl groups is 1. The number of fused-ring (bicyclic) bond motifs is 1. The van der Waals surface area contributed by atoms with E-state index in [1.54, 1.807) is 6.92 Å². The lowest BCUT2D eigenvalue weighted by molar-refractivity contribution is 0.0174. The van der Waals surface area contributed by atoms with E-state index in [1.165, 1.54) is 0 Å². The number of nitrogens with zero attached hydrogens (tertiary/aromatic N) is 1. The van der Waals surface area contributed by atoms with Crippen LogP contribution in [0.5, 0.6) is 0 Å². The lowest BCUT2D eigenvalue weighted by Crippen LogP contribution is -2.43. The van der Waals surface area contributed by atoms with E-state index < -0.39 is 5.60 Å². The first-order valence-electron chi connectivity index (χ1n) is 6.47. The molecule has 0 saturated carbocycles. The zero-order valence-electron chi connectivity index (χ0n) is 11.8. The predicted octanol–water partition coefficient (Wildman–Crippen LogP) is 2.06. The Morgan fingerprint density at radius 3 is 1.89 bits per heavy atom. The molecule has 4 heteroatoms. The first-order valence-corrected chi connectivity index (χ1v) is 6.47. The van der Waals surface area contributed by atoms with Crippen LogP contribution in [0.25, 0.3) is 0 Å². The molecule has 0 spiro atoms. The van der Waals surface area contributed by atoms with Crippen molar-refractivity contribution in [2.75, 3.05) is 6.54 Å². The molecule has 102 valence electrons. The van der Waals surface area contributed by atoms with Gasteiger partial charge in [0, 0.05) is 0 Å². The zero-order valence-corrected chi connectivity index (χ0v) is 11.8. The van der Waals surface area contributed by atoms with Crippen LogP contribution in [0, 0.1) is 13.8 Å². The fourth-order valence-corrected chi connectivity index (χ4v) is 2.32. The molecule has 0 radical (unpaired) electrons. The molecule has 1 N–H and O–H groups in total. The van der Waals surface area contributed by atoms with Crippen LogP contribution >= 0.6 is 0 Å². The number of hydrogen-bond donors (Lipinski definition) is 1. The standard InChI is InChI=1S/C15H19NO3/c1-5-15(4,19)8-16-13(17)11-9(2)6-7-10(3)12(11)14(16)18/h6-7,19H,5,8H2,1-4H3. The lowest BCUT2D eigenvalue weighted by Gasteiger charge is -2.26. The molecule has 1 heterocycles. The van der Waals surface area contributed by atoms with E-state index in [4.69, 9.17) is 0 Å². The fraction of sp³-hybridized carbons (Fsp3) is 0.467. The summed E-state index contributed by atoms with van der Waals surface area (Å²) in [6.45, 7) is 7.15. The molecule has 0 bridgehead atoms. The molecule has 1 aromatic rings. The number of imide groups is 1. The second kappa shape index (κ2) is 4.46. The van der Waals surface area contributed by atoms with Gasteiger partial charge >= 0.3 is 0 Å². The minimum Gasteiger partial charge on any atom is -0.388 e. The Labute approximate surface area is 113 Å². The summed E-state index contributed by atoms with van der Waals surface area (Å²) in [5, 5.41) is 10.1. The smallest absolute Gasteiger partial charge is 0.261 e. The monoisotopic (exact) mass is 261 g/mol. The molecule has 2 amide bonds. The van der Waals surface area contributed by atoms with E-state index in [-0.39, 0.29) is 18.4 Å². The third-order valence-corrected chi connectivity index (χ3v) is 3.80. The molecule has 19 heavy (non-hydrogen) atoms. The molecule has 0 aromatic heterocycles. The molecule has 1 aromatic carbocycles. The highest BCUT2D eigenvalue weighted by Crippen LogP contribution is 2.29. The molecule has 0 saturated heterocycles. The number of amides is 2. The number of carbonyl (C=O) groups excluding carboxylic acids is 2. The van der Waals surface area contributed by atoms with Gasteiger partial charge in [0.1, 0.15) is 0 Å². The van der Waals surface area contributed by atoms with Gasteiger partial charge in [0.25, 0.3) is 11.8 Å². The maximum atomic E-state index is 12.4. The summed E-state index contributed by atoms with van der Waals surface area (Å²) < 4.78 is 0. The molecule has 1 unspecified atom stereocenters. The van der Waals surface area contributed by atoms with E-state index in [2.05, 4.69) is 0 Å². The van der Waals surface area contributed by atoms with Crippen molar-refractivity contribution < 1.29 is 14.7 Å². The molecule has 1 aliphatic rings. The Morgan fingerprint density at radius 1 is 1.11 bits per heavy atom. The highest BCUT2D eigenvalue weighted by molar-refractivity contribution is 6.22. The van der Waals surface area contributed by atoms with Crippen LogP contribution in [0.2, 0.25) is 0 Å². The number of hydrogen-bond acceptors (Lipinski definition) is 3. The average Bonchev–Trinajstić information content (AvgIpc) is 2.59. The summed E-state index contributed by atoms with van der Waals surface area (Å²) in [6, 6.07) is 3.70. The molecule has 1 atom stereocenters. The summed E-state index contributed by atoms with van der Waals surface area (Å²) in [4.78, 5) is 25.9. The number of β-amino-alcohol motifs (C(OH)–C–C–N with tert-alkyl or cyclic N) is 1. The highest BCUT2D eigenvalue weighted by atomic mass is 16.3. The lowest BCUT2D eigenvalue weighted by atomic mass is 9.99. The van der Waals surface area contributed by atoms with Gasteiger partial charge in [-0.15, -0.1) is 0 Å². The van der Waals surface area contributed by atoms with Crippen molar-refractivity contribution in [1.82, 2.24) is 4.90 Å². The zero-order chi connectivity index (χ0) is 14.4. The summed E-state index contributed by atoms with van der Waals surface area (Å²) in [7, 11) is 0. The third-order valence-electron chi connectivity index (χ3n) is 3.80. The van der Waals surface area contributed by atoms with Crippen LogP contribution in [0.15, 0.2) is 12.1 Å². The van der Waals surface area contributed by atoms with Crippen molar-refractivity contribution in [2.24, 2.45) is 0 Å². The largest absolute Gasteiger partial charge is 0.388 e. The van der Waals surface area contributed by atoms with Crippen LogP contribution < -0.4 is 0 Å². The fourth-order valence-electron chi connectivity index (χ4n) is 2.32. The van der Waals surface area contributed by atoms with Crippen molar-refractivity contribution in [3.05, 3.63) is 34.4 Å². The van der Waals surface area contributed by atoms with Crippen LogP contribution in [-0.4, -0.2) is 34.0 Å². The van der Waals surface area contributed by atoms with Crippen LogP contribution in [-0.2, 0) is 0 Å². The highest BCUT2D eigenvalue weighted by Gasteiger charge is 2.40. The SMILES string of the molecule is CCC(C)(O)CN1C(=O)c2c(C)ccc(C)c2C1=O. The maximum absolute atomic E-state index is 12.4. The maximum Gasteiger partial charge on any atom is 0.261 e. The first kappa shape index (κ1) is 13.7. The van der Waals surface area contributed by atoms with Gasteiger partial charge in [-0.25, -0.2) is 0 Å². The van der Waals surface area contributed by atoms with Crippen LogP contribution in [0.4, 0.5) is 0 Å². The van der Waals surface area contributed by atoms with Crippen molar-refractivity contribution in [1.29, 1.82) is 0 Å². The second-order valence-corrected chi connectivity index (χ2v) is 5.50. The van der Waals surface area contributed by atoms with E-state index in [0.717, 1.165) is 16.0 Å². The molecule has 0 fully saturated rings. The first-order chi connectivity index (χ1) is 8.78. The Bertz CT molecular complexity index is 520. The van der Waals surface area contributed by atoms with Gasteiger partial charge in [-0.05, 0) is 38.3 Å². The molecule has 1 aliphatic heterocycles. The number of rotatable bonds is 3. The van der Waals surface area contributed by atoms with Crippen LogP contribution in [0.3, 0.4) is 0 Å². The summed E-state index contributed by atoms with van der Waals surface area (Å²) in [5.41, 5.74) is 1.53. The van der Waals surface area contributed by atoms with E-state index >= 15 is 0 Å². The third kappa shape index (κ3) is 2.16. The molecular formula is C15H19NO3. The Kier molecular flexibility index (Phi) is 3.22. The number of carbonyl (C=O) groups is 2. The van der Waals surface area contributed by atoms with Gasteiger partial charge in [0.05, 0.1) is 23.3 Å². The van der Waals surface area contributed by atoms with Gasteiger partial charge in [-0.2, -0.15) is 0 Å². The molecule has 0 aliphatic carbocycles. The van der Waals surface area contributed by atoms with Crippen molar-refractivity contribution in [3.63, 3.8) is 0 Å². The Balaban J connectivity index is 2.45. The van der Waals surface area contributed by atoms with E-state index in [9.17, 15) is 14.7 Å². The van der Waals surface area contributed by atoms with E-state index in [1.807, 2.05) is 32.9 Å². The summed E-state index contributed by atoms with van der Waals surface area (Å²) >= 11 is 0. The quantitative estimate of drug-likeness (QED) is 0.847. The van der Waals surface area contributed by atoms with Gasteiger partial charge < -0.3 is 5.11 Å². The molecule has 4 nitrogen and oxygen atoms in total. The minimum atomic E-state index is -1.05. The molecule has 2 rings (SSSR count). The predicted molar refractivity (Wildman–Crippen MR) is 72.2 cm³/mol. The Hall–Kier alpha value is -1.68. The van der Waals surface area contributed by atoms with Gasteiger partial charge in [-0.1, -0.05) is 19.1 Å². The van der Waals surface area contributed by atoms with Gasteiger partial charge in [0.2, 0.25) is 0 Å².